The van der Waals surface area contributed by atoms with E-state index in [2.05, 4.69) is 32.1 Å². The average Bonchev–Trinajstić information content (AvgIpc) is 3.28. The Morgan fingerprint density at radius 2 is 1.85 bits per heavy atom. The van der Waals surface area contributed by atoms with Gasteiger partial charge in [-0.3, -0.25) is 4.79 Å². The first-order valence-corrected chi connectivity index (χ1v) is 10.4. The number of carbonyl (C=O) groups excluding carboxylic acids is 1. The van der Waals surface area contributed by atoms with E-state index in [0.29, 0.717) is 17.9 Å². The first-order valence-electron chi connectivity index (χ1n) is 10.4. The second kappa shape index (κ2) is 6.86. The first-order chi connectivity index (χ1) is 13.2. The van der Waals surface area contributed by atoms with Crippen molar-refractivity contribution in [1.29, 1.82) is 0 Å². The van der Waals surface area contributed by atoms with Crippen molar-refractivity contribution in [2.75, 3.05) is 26.2 Å². The van der Waals surface area contributed by atoms with E-state index in [-0.39, 0.29) is 5.91 Å². The predicted molar refractivity (Wildman–Crippen MR) is 102 cm³/mol. The number of hydrogen-bond donors (Lipinski definition) is 0. The lowest BCUT2D eigenvalue weighted by molar-refractivity contribution is -0.130. The molecule has 0 radical (unpaired) electrons. The minimum Gasteiger partial charge on any atom is -0.339 e. The summed E-state index contributed by atoms with van der Waals surface area (Å²) >= 11 is 0. The van der Waals surface area contributed by atoms with Gasteiger partial charge in [-0.05, 0) is 63.7 Å². The molecule has 5 rings (SSSR count). The summed E-state index contributed by atoms with van der Waals surface area (Å²) in [6.45, 7) is 5.76. The average molecular weight is 368 g/mol. The van der Waals surface area contributed by atoms with Crippen LogP contribution in [0.4, 0.5) is 0 Å². The number of rotatable bonds is 4. The number of amides is 1. The van der Waals surface area contributed by atoms with E-state index >= 15 is 0 Å². The van der Waals surface area contributed by atoms with Gasteiger partial charge in [0.1, 0.15) is 0 Å². The Morgan fingerprint density at radius 1 is 1.04 bits per heavy atom. The summed E-state index contributed by atoms with van der Waals surface area (Å²) in [5.74, 6) is 2.31. The van der Waals surface area contributed by atoms with Crippen molar-refractivity contribution in [3.63, 3.8) is 0 Å². The van der Waals surface area contributed by atoms with Crippen LogP contribution >= 0.6 is 0 Å². The van der Waals surface area contributed by atoms with Gasteiger partial charge in [0.2, 0.25) is 5.91 Å². The molecule has 0 bridgehead atoms. The fraction of sp³-hybridized carbons (Fsp3) is 0.700. The zero-order chi connectivity index (χ0) is 18.4. The summed E-state index contributed by atoms with van der Waals surface area (Å²) in [6.07, 6.45) is 6.97. The third-order valence-electron chi connectivity index (χ3n) is 6.51. The van der Waals surface area contributed by atoms with Crippen LogP contribution in [-0.4, -0.2) is 67.7 Å². The smallest absolute Gasteiger partial charge is 0.219 e. The van der Waals surface area contributed by atoms with E-state index < -0.39 is 0 Å². The zero-order valence-corrected chi connectivity index (χ0v) is 16.0. The van der Waals surface area contributed by atoms with Gasteiger partial charge in [-0.15, -0.1) is 10.2 Å². The topological polar surface area (TPSA) is 66.6 Å². The molecule has 7 heteroatoms. The van der Waals surface area contributed by atoms with Crippen LogP contribution in [0.2, 0.25) is 0 Å². The van der Waals surface area contributed by atoms with Crippen LogP contribution in [0.1, 0.15) is 68.8 Å². The molecule has 1 aliphatic carbocycles. The Balaban J connectivity index is 1.25. The molecule has 4 heterocycles. The molecule has 7 nitrogen and oxygen atoms in total. The maximum atomic E-state index is 11.8. The molecule has 0 spiro atoms. The van der Waals surface area contributed by atoms with Crippen LogP contribution in [-0.2, 0) is 4.79 Å². The Labute approximate surface area is 159 Å². The van der Waals surface area contributed by atoms with E-state index in [9.17, 15) is 4.79 Å². The molecule has 3 fully saturated rings. The lowest BCUT2D eigenvalue weighted by Crippen LogP contribution is -2.44. The van der Waals surface area contributed by atoms with E-state index in [1.165, 1.54) is 18.5 Å². The summed E-state index contributed by atoms with van der Waals surface area (Å²) in [4.78, 5) is 16.4. The molecule has 1 unspecified atom stereocenters. The number of hydrogen-bond acceptors (Lipinski definition) is 5. The highest BCUT2D eigenvalue weighted by Gasteiger charge is 2.31. The summed E-state index contributed by atoms with van der Waals surface area (Å²) in [7, 11) is 0. The summed E-state index contributed by atoms with van der Waals surface area (Å²) in [6, 6.07) is 4.56. The molecule has 1 atom stereocenters. The number of likely N-dealkylation sites (tertiary alicyclic amines) is 2. The highest BCUT2D eigenvalue weighted by molar-refractivity contribution is 5.73. The monoisotopic (exact) mass is 368 g/mol. The Bertz CT molecular complexity index is 836. The van der Waals surface area contributed by atoms with Crippen LogP contribution in [0.3, 0.4) is 0 Å². The van der Waals surface area contributed by atoms with Crippen molar-refractivity contribution >= 4 is 11.6 Å². The van der Waals surface area contributed by atoms with Crippen molar-refractivity contribution < 1.29 is 4.79 Å². The van der Waals surface area contributed by atoms with Crippen LogP contribution in [0, 0.1) is 0 Å². The quantitative estimate of drug-likeness (QED) is 0.828. The van der Waals surface area contributed by atoms with E-state index in [0.717, 1.165) is 63.3 Å². The molecule has 1 amide bonds. The highest BCUT2D eigenvalue weighted by Crippen LogP contribution is 2.39. The highest BCUT2D eigenvalue weighted by atomic mass is 16.2. The molecule has 27 heavy (non-hydrogen) atoms. The summed E-state index contributed by atoms with van der Waals surface area (Å²) < 4.78 is 1.99. The number of carbonyl (C=O) groups is 1. The van der Waals surface area contributed by atoms with Crippen LogP contribution in [0.25, 0.3) is 5.65 Å². The minimum atomic E-state index is 0.222. The standard InChI is InChI=1S/C20H28N6O/c1-14(27)25-10-2-3-17(25)13-24-11-8-16(9-12-24)20-22-21-19-7-6-18(15-4-5-15)23-26(19)20/h6-7,15-17H,2-5,8-13H2,1H3. The van der Waals surface area contributed by atoms with Gasteiger partial charge in [-0.1, -0.05) is 0 Å². The maximum Gasteiger partial charge on any atom is 0.219 e. The van der Waals surface area contributed by atoms with E-state index in [1.54, 1.807) is 6.92 Å². The van der Waals surface area contributed by atoms with Gasteiger partial charge in [0.25, 0.3) is 0 Å². The van der Waals surface area contributed by atoms with Crippen molar-refractivity contribution in [3.05, 3.63) is 23.7 Å². The van der Waals surface area contributed by atoms with Crippen molar-refractivity contribution in [1.82, 2.24) is 29.6 Å². The molecular formula is C20H28N6O. The normalized spacial score (nSPS) is 24.8. The van der Waals surface area contributed by atoms with E-state index in [4.69, 9.17) is 5.10 Å². The van der Waals surface area contributed by atoms with Gasteiger partial charge in [-0.25, -0.2) is 0 Å². The number of nitrogens with zero attached hydrogens (tertiary/aromatic N) is 6. The van der Waals surface area contributed by atoms with E-state index in [1.807, 2.05) is 4.52 Å². The van der Waals surface area contributed by atoms with Gasteiger partial charge in [0, 0.05) is 37.9 Å². The number of fused-ring (bicyclic) bond motifs is 1. The first kappa shape index (κ1) is 17.1. The molecule has 144 valence electrons. The van der Waals surface area contributed by atoms with Crippen molar-refractivity contribution in [2.45, 2.75) is 63.3 Å². The number of aromatic nitrogens is 4. The second-order valence-corrected chi connectivity index (χ2v) is 8.44. The fourth-order valence-electron chi connectivity index (χ4n) is 4.78. The fourth-order valence-corrected chi connectivity index (χ4v) is 4.78. The van der Waals surface area contributed by atoms with Gasteiger partial charge in [0.05, 0.1) is 5.69 Å². The molecule has 1 saturated carbocycles. The largest absolute Gasteiger partial charge is 0.339 e. The third kappa shape index (κ3) is 3.33. The van der Waals surface area contributed by atoms with Crippen LogP contribution in [0.5, 0.6) is 0 Å². The van der Waals surface area contributed by atoms with Crippen LogP contribution in [0.15, 0.2) is 12.1 Å². The molecule has 2 aliphatic heterocycles. The maximum absolute atomic E-state index is 11.8. The third-order valence-corrected chi connectivity index (χ3v) is 6.51. The molecule has 2 aromatic heterocycles. The summed E-state index contributed by atoms with van der Waals surface area (Å²) in [5, 5.41) is 13.7. The molecule has 2 aromatic rings. The summed E-state index contributed by atoms with van der Waals surface area (Å²) in [5.41, 5.74) is 2.05. The van der Waals surface area contributed by atoms with Gasteiger partial charge in [-0.2, -0.15) is 9.61 Å². The minimum absolute atomic E-state index is 0.222. The Morgan fingerprint density at radius 3 is 2.59 bits per heavy atom. The SMILES string of the molecule is CC(=O)N1CCCC1CN1CCC(c2nnc3ccc(C4CC4)nn23)CC1. The molecular weight excluding hydrogens is 340 g/mol. The van der Waals surface area contributed by atoms with Gasteiger partial charge >= 0.3 is 0 Å². The van der Waals surface area contributed by atoms with Crippen molar-refractivity contribution in [2.24, 2.45) is 0 Å². The molecule has 2 saturated heterocycles. The molecule has 3 aliphatic rings. The van der Waals surface area contributed by atoms with Crippen LogP contribution < -0.4 is 0 Å². The predicted octanol–water partition coefficient (Wildman–Crippen LogP) is 2.19. The lowest BCUT2D eigenvalue weighted by Gasteiger charge is -2.35. The van der Waals surface area contributed by atoms with Crippen molar-refractivity contribution in [3.8, 4) is 0 Å². The van der Waals surface area contributed by atoms with Gasteiger partial charge in [0.15, 0.2) is 11.5 Å². The lowest BCUT2D eigenvalue weighted by atomic mass is 9.95. The van der Waals surface area contributed by atoms with Gasteiger partial charge < -0.3 is 9.80 Å². The zero-order valence-electron chi connectivity index (χ0n) is 16.0. The Hall–Kier alpha value is -2.02. The number of piperidine rings is 1. The Kier molecular flexibility index (Phi) is 4.34. The second-order valence-electron chi connectivity index (χ2n) is 8.44. The molecule has 0 aromatic carbocycles. The molecule has 0 N–H and O–H groups in total.